The number of rotatable bonds is 7. The van der Waals surface area contributed by atoms with E-state index in [-0.39, 0.29) is 52.7 Å². The molecule has 0 saturated carbocycles. The number of carbonyl (C=O) groups excluding carboxylic acids is 3. The Morgan fingerprint density at radius 2 is 1.07 bits per heavy atom. The molecule has 67 heavy (non-hydrogen) atoms. The normalized spacial score (nSPS) is 28.1. The molecule has 8 atom stereocenters. The number of phenols is 2. The van der Waals surface area contributed by atoms with Gasteiger partial charge in [-0.3, -0.25) is 24.2 Å². The molecule has 4 aromatic rings. The molecule has 6 heterocycles. The van der Waals surface area contributed by atoms with E-state index in [1.165, 1.54) is 20.3 Å². The number of alkyl halides is 6. The average Bonchev–Trinajstić information content (AvgIpc) is 4.12. The van der Waals surface area contributed by atoms with E-state index in [0.29, 0.717) is 24.5 Å². The number of phenolic OH excluding ortho intramolecular Hbond substituents is 2. The topological polar surface area (TPSA) is 161 Å². The van der Waals surface area contributed by atoms with E-state index >= 15 is 4.79 Å². The highest BCUT2D eigenvalue weighted by Crippen LogP contribution is 2.64. The van der Waals surface area contributed by atoms with E-state index < -0.39 is 49.1 Å². The van der Waals surface area contributed by atoms with Crippen LogP contribution in [0.15, 0.2) is 84.6 Å². The van der Waals surface area contributed by atoms with Gasteiger partial charge >= 0.3 is 0 Å². The molecule has 4 fully saturated rings. The highest BCUT2D eigenvalue weighted by Gasteiger charge is 2.71. The smallest absolute Gasteiger partial charge is 0.250 e. The van der Waals surface area contributed by atoms with Gasteiger partial charge in [-0.05, 0) is 100 Å². The molecule has 0 radical (unpaired) electrons. The second-order valence-electron chi connectivity index (χ2n) is 17.7. The van der Waals surface area contributed by atoms with E-state index in [1.807, 2.05) is 50.2 Å². The largest absolute Gasteiger partial charge is 0.512 e. The summed E-state index contributed by atoms with van der Waals surface area (Å²) in [6.45, 7) is 5.12. The number of ketones is 1. The van der Waals surface area contributed by atoms with Crippen LogP contribution in [0.4, 0.5) is 11.4 Å². The molecule has 5 N–H and O–H groups in total. The molecule has 2 amide bonds. The molecule has 4 aromatic carbocycles. The number of anilines is 2. The molecule has 10 rings (SSSR count). The van der Waals surface area contributed by atoms with Crippen LogP contribution >= 0.6 is 69.6 Å². The Labute approximate surface area is 419 Å². The number of hydrogen-bond acceptors (Lipinski definition) is 10. The van der Waals surface area contributed by atoms with Gasteiger partial charge in [-0.2, -0.15) is 0 Å². The van der Waals surface area contributed by atoms with Crippen molar-refractivity contribution < 1.29 is 39.2 Å². The van der Waals surface area contributed by atoms with Crippen molar-refractivity contribution in [2.24, 2.45) is 11.8 Å². The minimum absolute atomic E-state index is 0.0346. The molecule has 6 aliphatic heterocycles. The lowest BCUT2D eigenvalue weighted by molar-refractivity contribution is -0.134. The number of hydrogen-bond donors (Lipinski definition) is 5. The van der Waals surface area contributed by atoms with Gasteiger partial charge in [0.25, 0.3) is 0 Å². The Kier molecular flexibility index (Phi) is 14.2. The molecule has 356 valence electrons. The van der Waals surface area contributed by atoms with Gasteiger partial charge < -0.3 is 35.4 Å². The van der Waals surface area contributed by atoms with Gasteiger partial charge in [0.1, 0.15) is 16.8 Å². The number of aliphatic hydroxyl groups excluding tert-OH is 1. The summed E-state index contributed by atoms with van der Waals surface area (Å²) in [5.74, 6) is -3.79. The first kappa shape index (κ1) is 49.3. The number of aryl methyl sites for hydroxylation is 2. The van der Waals surface area contributed by atoms with Crippen LogP contribution in [-0.4, -0.2) is 90.7 Å². The van der Waals surface area contributed by atoms with Crippen molar-refractivity contribution in [1.29, 1.82) is 0 Å². The average molecular weight is 1040 g/mol. The number of amides is 2. The molecule has 6 aliphatic rings. The number of fused-ring (bicyclic) bond motifs is 8. The first-order valence-corrected chi connectivity index (χ1v) is 24.4. The number of nitrogens with one attached hydrogen (secondary N) is 2. The maximum Gasteiger partial charge on any atom is 0.250 e. The van der Waals surface area contributed by atoms with Crippen LogP contribution in [0.2, 0.25) is 0 Å². The van der Waals surface area contributed by atoms with Crippen LogP contribution in [0.1, 0.15) is 70.9 Å². The fourth-order valence-electron chi connectivity index (χ4n) is 12.3. The van der Waals surface area contributed by atoms with Crippen molar-refractivity contribution in [3.8, 4) is 23.0 Å². The van der Waals surface area contributed by atoms with Gasteiger partial charge in [0, 0.05) is 52.5 Å². The molecule has 0 aliphatic carbocycles. The van der Waals surface area contributed by atoms with E-state index in [2.05, 4.69) is 20.4 Å². The summed E-state index contributed by atoms with van der Waals surface area (Å²) in [7, 11) is 2.96. The summed E-state index contributed by atoms with van der Waals surface area (Å²) in [6.07, 6.45) is 4.43. The quantitative estimate of drug-likeness (QED) is 0.0685. The fourth-order valence-corrected chi connectivity index (χ4v) is 12.3. The highest BCUT2D eigenvalue weighted by atomic mass is 35.6. The van der Waals surface area contributed by atoms with Crippen molar-refractivity contribution >= 4 is 98.6 Å². The lowest BCUT2D eigenvalue weighted by atomic mass is 9.68. The van der Waals surface area contributed by atoms with Crippen LogP contribution in [0, 0.1) is 25.7 Å². The number of carbonyl (C=O) groups is 3. The van der Waals surface area contributed by atoms with E-state index in [9.17, 15) is 24.9 Å². The van der Waals surface area contributed by atoms with Crippen LogP contribution in [0.5, 0.6) is 23.0 Å². The van der Waals surface area contributed by atoms with Crippen LogP contribution in [0.25, 0.3) is 0 Å². The SMILES string of the molecule is COc1cc([C@@H]2[C@@H](C(=O)/C=C(\O)[C@H]3[C@H](c4ccc(O)c(OC)c4)[C@H]4CCCN4[C@]34C(=O)Nc3ccc(C)cc34)[C@]3(C(=O)Nc4ccc(C)cc43)N3CCC[C@@H]23)ccc1O.ClC(Cl)Cl.ClC(Cl)Cl. The van der Waals surface area contributed by atoms with Gasteiger partial charge in [-0.25, -0.2) is 0 Å². The molecule has 12 nitrogen and oxygen atoms in total. The summed E-state index contributed by atoms with van der Waals surface area (Å²) < 4.78 is 9.63. The Hall–Kier alpha value is -4.11. The summed E-state index contributed by atoms with van der Waals surface area (Å²) >= 11 is 28.8. The van der Waals surface area contributed by atoms with Crippen molar-refractivity contribution in [1.82, 2.24) is 9.80 Å². The summed E-state index contributed by atoms with van der Waals surface area (Å²) in [6, 6.07) is 21.5. The molecule has 2 spiro atoms. The minimum atomic E-state index is -1.41. The number of benzene rings is 4. The Balaban J connectivity index is 0.000000707. The zero-order chi connectivity index (χ0) is 48.3. The second-order valence-corrected chi connectivity index (χ2v) is 21.6. The highest BCUT2D eigenvalue weighted by molar-refractivity contribution is 6.63. The zero-order valence-corrected chi connectivity index (χ0v) is 41.4. The predicted molar refractivity (Wildman–Crippen MR) is 263 cm³/mol. The molecule has 0 unspecified atom stereocenters. The number of ether oxygens (including phenoxy) is 2. The summed E-state index contributed by atoms with van der Waals surface area (Å²) in [5.41, 5.74) is 3.38. The molecular weight excluding hydrogens is 985 g/mol. The maximum atomic E-state index is 15.8. The predicted octanol–water partition coefficient (Wildman–Crippen LogP) is 10.5. The van der Waals surface area contributed by atoms with Crippen molar-refractivity contribution in [3.63, 3.8) is 0 Å². The van der Waals surface area contributed by atoms with Gasteiger partial charge in [0.15, 0.2) is 37.4 Å². The van der Waals surface area contributed by atoms with Gasteiger partial charge in [0.2, 0.25) is 11.8 Å². The number of nitrogens with zero attached hydrogens (tertiary/aromatic N) is 2. The number of aromatic hydroxyl groups is 2. The maximum absolute atomic E-state index is 15.8. The molecule has 4 saturated heterocycles. The third kappa shape index (κ3) is 8.26. The Morgan fingerprint density at radius 3 is 1.49 bits per heavy atom. The minimum Gasteiger partial charge on any atom is -0.512 e. The van der Waals surface area contributed by atoms with Gasteiger partial charge in [0.05, 0.1) is 26.1 Å². The molecular formula is C49H50Cl6N4O8. The van der Waals surface area contributed by atoms with E-state index in [4.69, 9.17) is 79.1 Å². The summed E-state index contributed by atoms with van der Waals surface area (Å²) in [5, 5.41) is 40.6. The molecule has 18 heteroatoms. The number of aliphatic hydroxyl groups is 1. The third-order valence-electron chi connectivity index (χ3n) is 14.4. The first-order chi connectivity index (χ1) is 31.9. The Bertz CT molecular complexity index is 2620. The van der Waals surface area contributed by atoms with Crippen LogP contribution in [0.3, 0.4) is 0 Å². The van der Waals surface area contributed by atoms with Crippen molar-refractivity contribution in [2.75, 3.05) is 37.9 Å². The van der Waals surface area contributed by atoms with Crippen molar-refractivity contribution in [2.45, 2.75) is 83.1 Å². The van der Waals surface area contributed by atoms with Crippen LogP contribution in [-0.2, 0) is 25.5 Å². The number of methoxy groups -OCH3 is 2. The standard InChI is InChI=1S/C47H48N4O8.2CHCl3/c1-24-9-13-30-28(19-24)46(44(56)48-30)42(40(32-7-5-17-50(32)46)26-11-15-34(52)38(21-26)58-3)36(54)23-37(55)43-41(27-12-16-35(53)39(22-27)59-4)33-8-6-18-51(33)47(43)29-20-25(2)10-14-31(29)49-45(47)57;2*2-1(3)4/h9-16,19-23,32-33,40-43,52-54H,5-8,17-18H2,1-4H3,(H,48,56)(H,49,57);2*1H/b36-23-;;/t32-,33+,40-,41+,42+,43-,46+,47-;;/m1../s1. The van der Waals surface area contributed by atoms with Crippen LogP contribution < -0.4 is 20.1 Å². The van der Waals surface area contributed by atoms with Crippen molar-refractivity contribution in [3.05, 3.63) is 118 Å². The number of allylic oxidation sites excluding steroid dienone is 1. The second kappa shape index (κ2) is 19.4. The first-order valence-electron chi connectivity index (χ1n) is 21.8. The van der Waals surface area contributed by atoms with Gasteiger partial charge in [-0.1, -0.05) is 117 Å². The number of halogens is 6. The molecule has 0 aromatic heterocycles. The third-order valence-corrected chi connectivity index (χ3v) is 14.4. The monoisotopic (exact) mass is 1030 g/mol. The fraction of sp³-hybridized carbons (Fsp3) is 0.408. The van der Waals surface area contributed by atoms with E-state index in [0.717, 1.165) is 59.1 Å². The Morgan fingerprint density at radius 1 is 0.672 bits per heavy atom. The van der Waals surface area contributed by atoms with E-state index in [1.54, 1.807) is 36.4 Å². The molecule has 0 bridgehead atoms. The zero-order valence-electron chi connectivity index (χ0n) is 36.9. The lowest BCUT2D eigenvalue weighted by Crippen LogP contribution is -2.53. The van der Waals surface area contributed by atoms with Gasteiger partial charge in [-0.15, -0.1) is 0 Å². The summed E-state index contributed by atoms with van der Waals surface area (Å²) in [4.78, 5) is 49.9. The lowest BCUT2D eigenvalue weighted by Gasteiger charge is -2.38.